The highest BCUT2D eigenvalue weighted by Gasteiger charge is 2.30. The second-order valence-electron chi connectivity index (χ2n) is 6.20. The van der Waals surface area contributed by atoms with Gasteiger partial charge in [-0.05, 0) is 37.6 Å². The predicted molar refractivity (Wildman–Crippen MR) is 98.7 cm³/mol. The summed E-state index contributed by atoms with van der Waals surface area (Å²) < 4.78 is 27.3. The SMILES string of the molecule is Cc1cc(S(=O)(=O)N2CCN(Cc3cccc(N)c3)CC2)c(C)s1. The fraction of sp³-hybridized carbons (Fsp3) is 0.412. The van der Waals surface area contributed by atoms with Gasteiger partial charge in [0.15, 0.2) is 0 Å². The van der Waals surface area contributed by atoms with E-state index in [0.717, 1.165) is 40.6 Å². The van der Waals surface area contributed by atoms with Gasteiger partial charge in [0.25, 0.3) is 0 Å². The lowest BCUT2D eigenvalue weighted by atomic mass is 10.2. The zero-order valence-corrected chi connectivity index (χ0v) is 15.7. The third-order valence-corrected chi connectivity index (χ3v) is 7.42. The number of benzene rings is 1. The molecule has 0 saturated carbocycles. The number of thiophene rings is 1. The minimum atomic E-state index is -3.38. The van der Waals surface area contributed by atoms with Crippen LogP contribution >= 0.6 is 11.3 Å². The van der Waals surface area contributed by atoms with Crippen LogP contribution in [0.5, 0.6) is 0 Å². The lowest BCUT2D eigenvalue weighted by Gasteiger charge is -2.34. The molecule has 1 aromatic heterocycles. The number of anilines is 1. The highest BCUT2D eigenvalue weighted by atomic mass is 32.2. The third-order valence-electron chi connectivity index (χ3n) is 4.30. The first-order valence-electron chi connectivity index (χ1n) is 8.00. The van der Waals surface area contributed by atoms with Crippen LogP contribution in [0.25, 0.3) is 0 Å². The number of piperazine rings is 1. The van der Waals surface area contributed by atoms with E-state index in [4.69, 9.17) is 5.73 Å². The van der Waals surface area contributed by atoms with E-state index >= 15 is 0 Å². The van der Waals surface area contributed by atoms with E-state index in [1.54, 1.807) is 10.4 Å². The van der Waals surface area contributed by atoms with E-state index in [9.17, 15) is 8.42 Å². The Morgan fingerprint density at radius 3 is 2.42 bits per heavy atom. The van der Waals surface area contributed by atoms with E-state index in [-0.39, 0.29) is 0 Å². The van der Waals surface area contributed by atoms with Crippen molar-refractivity contribution in [1.29, 1.82) is 0 Å². The molecular weight excluding hydrogens is 342 g/mol. The minimum Gasteiger partial charge on any atom is -0.399 e. The van der Waals surface area contributed by atoms with E-state index in [2.05, 4.69) is 11.0 Å². The number of hydrogen-bond acceptors (Lipinski definition) is 5. The molecule has 5 nitrogen and oxygen atoms in total. The minimum absolute atomic E-state index is 0.467. The maximum absolute atomic E-state index is 12.8. The normalized spacial score (nSPS) is 17.2. The maximum atomic E-state index is 12.8. The maximum Gasteiger partial charge on any atom is 0.244 e. The van der Waals surface area contributed by atoms with Gasteiger partial charge in [0.2, 0.25) is 10.0 Å². The first kappa shape index (κ1) is 17.4. The summed E-state index contributed by atoms with van der Waals surface area (Å²) in [5.41, 5.74) is 7.74. The van der Waals surface area contributed by atoms with Crippen LogP contribution in [0.3, 0.4) is 0 Å². The second-order valence-corrected chi connectivity index (χ2v) is 9.57. The number of rotatable bonds is 4. The molecule has 0 amide bonds. The first-order valence-corrected chi connectivity index (χ1v) is 10.3. The lowest BCUT2D eigenvalue weighted by molar-refractivity contribution is 0.181. The van der Waals surface area contributed by atoms with Gasteiger partial charge in [-0.2, -0.15) is 4.31 Å². The zero-order valence-electron chi connectivity index (χ0n) is 14.0. The number of hydrogen-bond donors (Lipinski definition) is 1. The van der Waals surface area contributed by atoms with Crippen LogP contribution in [0, 0.1) is 13.8 Å². The van der Waals surface area contributed by atoms with Gasteiger partial charge in [-0.1, -0.05) is 12.1 Å². The van der Waals surface area contributed by atoms with Crippen molar-refractivity contribution in [3.05, 3.63) is 45.6 Å². The Balaban J connectivity index is 1.65. The molecule has 130 valence electrons. The van der Waals surface area contributed by atoms with Gasteiger partial charge < -0.3 is 5.73 Å². The molecule has 0 unspecified atom stereocenters. The largest absolute Gasteiger partial charge is 0.399 e. The number of nitrogens with zero attached hydrogens (tertiary/aromatic N) is 2. The number of nitrogen functional groups attached to an aromatic ring is 1. The molecule has 3 rings (SSSR count). The summed E-state index contributed by atoms with van der Waals surface area (Å²) in [6, 6.07) is 9.64. The van der Waals surface area contributed by atoms with E-state index in [1.807, 2.05) is 32.0 Å². The van der Waals surface area contributed by atoms with Crippen LogP contribution in [0.1, 0.15) is 15.3 Å². The summed E-state index contributed by atoms with van der Waals surface area (Å²) in [4.78, 5) is 4.64. The highest BCUT2D eigenvalue weighted by Crippen LogP contribution is 2.28. The summed E-state index contributed by atoms with van der Waals surface area (Å²) >= 11 is 1.54. The molecule has 0 bridgehead atoms. The number of sulfonamides is 1. The van der Waals surface area contributed by atoms with Crippen molar-refractivity contribution in [1.82, 2.24) is 9.21 Å². The highest BCUT2D eigenvalue weighted by molar-refractivity contribution is 7.89. The Morgan fingerprint density at radius 2 is 1.83 bits per heavy atom. The molecule has 1 aromatic carbocycles. The van der Waals surface area contributed by atoms with Crippen LogP contribution in [0.15, 0.2) is 35.2 Å². The molecule has 24 heavy (non-hydrogen) atoms. The molecule has 1 fully saturated rings. The van der Waals surface area contributed by atoms with Gasteiger partial charge in [0, 0.05) is 48.2 Å². The third kappa shape index (κ3) is 3.64. The van der Waals surface area contributed by atoms with Crippen molar-refractivity contribution in [3.8, 4) is 0 Å². The van der Waals surface area contributed by atoms with Gasteiger partial charge in [-0.15, -0.1) is 11.3 Å². The van der Waals surface area contributed by atoms with Crippen LogP contribution in [0.4, 0.5) is 5.69 Å². The molecule has 0 aliphatic carbocycles. The molecule has 0 atom stereocenters. The molecule has 0 spiro atoms. The van der Waals surface area contributed by atoms with Crippen molar-refractivity contribution >= 4 is 27.0 Å². The standard InChI is InChI=1S/C17H23N3O2S2/c1-13-10-17(14(2)23-13)24(21,22)20-8-6-19(7-9-20)12-15-4-3-5-16(18)11-15/h3-5,10-11H,6-9,12,18H2,1-2H3. The molecule has 1 saturated heterocycles. The smallest absolute Gasteiger partial charge is 0.244 e. The van der Waals surface area contributed by atoms with Crippen molar-refractivity contribution in [3.63, 3.8) is 0 Å². The van der Waals surface area contributed by atoms with Crippen LogP contribution in [-0.2, 0) is 16.6 Å². The fourth-order valence-corrected chi connectivity index (χ4v) is 6.03. The Labute approximate surface area is 147 Å². The summed E-state index contributed by atoms with van der Waals surface area (Å²) in [5, 5.41) is 0. The Bertz CT molecular complexity index is 822. The number of nitrogens with two attached hydrogens (primary N) is 1. The monoisotopic (exact) mass is 365 g/mol. The van der Waals surface area contributed by atoms with Gasteiger partial charge in [0.1, 0.15) is 0 Å². The molecule has 0 radical (unpaired) electrons. The zero-order chi connectivity index (χ0) is 17.3. The van der Waals surface area contributed by atoms with Crippen LogP contribution < -0.4 is 5.73 Å². The number of aryl methyl sites for hydroxylation is 2. The van der Waals surface area contributed by atoms with Crippen molar-refractivity contribution < 1.29 is 8.42 Å². The summed E-state index contributed by atoms with van der Waals surface area (Å²) in [7, 11) is -3.38. The Hall–Kier alpha value is -1.41. The molecule has 1 aliphatic heterocycles. The second kappa shape index (κ2) is 6.84. The molecule has 2 aromatic rings. The van der Waals surface area contributed by atoms with Gasteiger partial charge in [-0.25, -0.2) is 8.42 Å². The van der Waals surface area contributed by atoms with E-state index in [0.29, 0.717) is 18.0 Å². The molecule has 2 N–H and O–H groups in total. The van der Waals surface area contributed by atoms with Crippen LogP contribution in [-0.4, -0.2) is 43.8 Å². The lowest BCUT2D eigenvalue weighted by Crippen LogP contribution is -2.48. The van der Waals surface area contributed by atoms with E-state index in [1.165, 1.54) is 11.3 Å². The summed E-state index contributed by atoms with van der Waals surface area (Å²) in [6.07, 6.45) is 0. The topological polar surface area (TPSA) is 66.6 Å². The Kier molecular flexibility index (Phi) is 4.96. The Morgan fingerprint density at radius 1 is 1.12 bits per heavy atom. The average Bonchev–Trinajstić information content (AvgIpc) is 2.87. The summed E-state index contributed by atoms with van der Waals surface area (Å²) in [6.45, 7) is 7.14. The molecular formula is C17H23N3O2S2. The van der Waals surface area contributed by atoms with Crippen molar-refractivity contribution in [2.45, 2.75) is 25.3 Å². The quantitative estimate of drug-likeness (QED) is 0.845. The molecule has 7 heteroatoms. The predicted octanol–water partition coefficient (Wildman–Crippen LogP) is 2.45. The fourth-order valence-electron chi connectivity index (χ4n) is 3.08. The molecule has 1 aliphatic rings. The summed E-state index contributed by atoms with van der Waals surface area (Å²) in [5.74, 6) is 0. The van der Waals surface area contributed by atoms with Gasteiger partial charge in [-0.3, -0.25) is 4.90 Å². The van der Waals surface area contributed by atoms with Gasteiger partial charge in [0.05, 0.1) is 4.90 Å². The van der Waals surface area contributed by atoms with Gasteiger partial charge >= 0.3 is 0 Å². The molecule has 2 heterocycles. The van der Waals surface area contributed by atoms with Crippen molar-refractivity contribution in [2.24, 2.45) is 0 Å². The van der Waals surface area contributed by atoms with E-state index < -0.39 is 10.0 Å². The average molecular weight is 366 g/mol. The van der Waals surface area contributed by atoms with Crippen LogP contribution in [0.2, 0.25) is 0 Å². The van der Waals surface area contributed by atoms with Crippen molar-refractivity contribution in [2.75, 3.05) is 31.9 Å². The first-order chi connectivity index (χ1) is 11.4.